The van der Waals surface area contributed by atoms with Gasteiger partial charge in [0, 0.05) is 0 Å². The molecule has 0 radical (unpaired) electrons. The minimum absolute atomic E-state index is 0.411. The number of carbonyl (C=O) groups excluding carboxylic acids is 1. The summed E-state index contributed by atoms with van der Waals surface area (Å²) >= 11 is 0. The molecule has 0 spiro atoms. The van der Waals surface area contributed by atoms with E-state index in [-0.39, 0.29) is 0 Å². The summed E-state index contributed by atoms with van der Waals surface area (Å²) in [6.45, 7) is 8.53. The van der Waals surface area contributed by atoms with Gasteiger partial charge in [0.1, 0.15) is 6.29 Å². The first-order valence-electron chi connectivity index (χ1n) is 6.44. The molecule has 1 saturated carbocycles. The number of hydrogen-bond donors (Lipinski definition) is 0. The van der Waals surface area contributed by atoms with Crippen LogP contribution in [0, 0.1) is 23.7 Å². The molecule has 0 heterocycles. The molecular weight excluding hydrogens is 196 g/mol. The van der Waals surface area contributed by atoms with Gasteiger partial charge >= 0.3 is 0 Å². The summed E-state index contributed by atoms with van der Waals surface area (Å²) in [7, 11) is 0. The van der Waals surface area contributed by atoms with Gasteiger partial charge in [-0.2, -0.15) is 0 Å². The topological polar surface area (TPSA) is 17.1 Å². The lowest BCUT2D eigenvalue weighted by molar-refractivity contribution is -0.105. The lowest BCUT2D eigenvalue weighted by Gasteiger charge is -2.43. The van der Waals surface area contributed by atoms with Crippen molar-refractivity contribution >= 4 is 6.29 Å². The second kappa shape index (κ2) is 4.57. The van der Waals surface area contributed by atoms with Crippen molar-refractivity contribution in [1.29, 1.82) is 0 Å². The summed E-state index contributed by atoms with van der Waals surface area (Å²) in [6.07, 6.45) is 8.33. The molecule has 0 aromatic heterocycles. The standard InChI is InChI=1S/C15H22O/c1-10-4-6-13-11(2)5-7-14(12(3)9-16)15(13)8-10/h8-9,11,13-15H,3-7H2,1-2H3/t11-,13+,14+,15+/m1/s1. The monoisotopic (exact) mass is 218 g/mol. The van der Waals surface area contributed by atoms with Crippen molar-refractivity contribution in [2.75, 3.05) is 0 Å². The molecule has 1 nitrogen and oxygen atoms in total. The maximum absolute atomic E-state index is 10.9. The first kappa shape index (κ1) is 11.6. The Hall–Kier alpha value is -0.850. The highest BCUT2D eigenvalue weighted by Crippen LogP contribution is 2.47. The summed E-state index contributed by atoms with van der Waals surface area (Å²) in [4.78, 5) is 10.9. The second-order valence-corrected chi connectivity index (χ2v) is 5.65. The molecule has 0 unspecified atom stereocenters. The van der Waals surface area contributed by atoms with Crippen LogP contribution in [0.15, 0.2) is 23.8 Å². The Morgan fingerprint density at radius 3 is 2.88 bits per heavy atom. The Bertz CT molecular complexity index is 326. The second-order valence-electron chi connectivity index (χ2n) is 5.65. The van der Waals surface area contributed by atoms with Crippen LogP contribution < -0.4 is 0 Å². The molecule has 0 N–H and O–H groups in total. The van der Waals surface area contributed by atoms with Crippen LogP contribution in [0.3, 0.4) is 0 Å². The van der Waals surface area contributed by atoms with Gasteiger partial charge in [0.2, 0.25) is 0 Å². The van der Waals surface area contributed by atoms with E-state index >= 15 is 0 Å². The lowest BCUT2D eigenvalue weighted by atomic mass is 9.61. The highest BCUT2D eigenvalue weighted by atomic mass is 16.1. The van der Waals surface area contributed by atoms with Gasteiger partial charge < -0.3 is 0 Å². The van der Waals surface area contributed by atoms with Crippen LogP contribution >= 0.6 is 0 Å². The molecule has 4 atom stereocenters. The molecule has 0 amide bonds. The SMILES string of the molecule is C=C(C=O)[C@@H]1CC[C@@H](C)[C@@H]2CCC(C)=C[C@@H]21. The molecule has 88 valence electrons. The van der Waals surface area contributed by atoms with Crippen LogP contribution in [0.1, 0.15) is 39.5 Å². The first-order valence-corrected chi connectivity index (χ1v) is 6.44. The van der Waals surface area contributed by atoms with Gasteiger partial charge in [-0.05, 0) is 61.9 Å². The third-order valence-electron chi connectivity index (χ3n) is 4.60. The van der Waals surface area contributed by atoms with E-state index in [9.17, 15) is 4.79 Å². The van der Waals surface area contributed by atoms with Crippen LogP contribution in [0.4, 0.5) is 0 Å². The molecule has 16 heavy (non-hydrogen) atoms. The summed E-state index contributed by atoms with van der Waals surface area (Å²) in [5.74, 6) is 2.58. The molecular formula is C15H22O. The van der Waals surface area contributed by atoms with Gasteiger partial charge in [-0.1, -0.05) is 25.2 Å². The molecule has 0 aromatic rings. The maximum atomic E-state index is 10.9. The van der Waals surface area contributed by atoms with E-state index in [1.807, 2.05) is 0 Å². The van der Waals surface area contributed by atoms with Crippen LogP contribution in [0.25, 0.3) is 0 Å². The quantitative estimate of drug-likeness (QED) is 0.392. The van der Waals surface area contributed by atoms with Crippen molar-refractivity contribution in [2.45, 2.75) is 39.5 Å². The van der Waals surface area contributed by atoms with Gasteiger partial charge in [0.05, 0.1) is 0 Å². The van der Waals surface area contributed by atoms with E-state index in [0.29, 0.717) is 11.8 Å². The van der Waals surface area contributed by atoms with Crippen molar-refractivity contribution in [3.8, 4) is 0 Å². The lowest BCUT2D eigenvalue weighted by Crippen LogP contribution is -2.35. The smallest absolute Gasteiger partial charge is 0.145 e. The Morgan fingerprint density at radius 2 is 2.19 bits per heavy atom. The fourth-order valence-electron chi connectivity index (χ4n) is 3.57. The van der Waals surface area contributed by atoms with Gasteiger partial charge in [0.25, 0.3) is 0 Å². The van der Waals surface area contributed by atoms with Crippen molar-refractivity contribution < 1.29 is 4.79 Å². The predicted octanol–water partition coefficient (Wildman–Crippen LogP) is 3.76. The van der Waals surface area contributed by atoms with Gasteiger partial charge in [-0.25, -0.2) is 0 Å². The van der Waals surface area contributed by atoms with E-state index in [0.717, 1.165) is 30.1 Å². The Labute approximate surface area is 98.6 Å². The molecule has 2 aliphatic rings. The van der Waals surface area contributed by atoms with Crippen LogP contribution in [0.2, 0.25) is 0 Å². The molecule has 0 bridgehead atoms. The Balaban J connectivity index is 2.25. The van der Waals surface area contributed by atoms with Gasteiger partial charge in [-0.3, -0.25) is 4.79 Å². The summed E-state index contributed by atoms with van der Waals surface area (Å²) in [5, 5.41) is 0. The number of hydrogen-bond acceptors (Lipinski definition) is 1. The van der Waals surface area contributed by atoms with Crippen LogP contribution in [-0.4, -0.2) is 6.29 Å². The third kappa shape index (κ3) is 2.00. The number of rotatable bonds is 2. The zero-order valence-electron chi connectivity index (χ0n) is 10.4. The Morgan fingerprint density at radius 1 is 1.44 bits per heavy atom. The van der Waals surface area contributed by atoms with Crippen LogP contribution in [0.5, 0.6) is 0 Å². The van der Waals surface area contributed by atoms with Crippen molar-refractivity contribution in [2.24, 2.45) is 23.7 Å². The average molecular weight is 218 g/mol. The predicted molar refractivity (Wildman–Crippen MR) is 67.1 cm³/mol. The van der Waals surface area contributed by atoms with E-state index in [1.165, 1.54) is 24.8 Å². The average Bonchev–Trinajstić information content (AvgIpc) is 2.28. The number of allylic oxidation sites excluding steroid dienone is 3. The molecule has 0 saturated heterocycles. The van der Waals surface area contributed by atoms with Gasteiger partial charge in [0.15, 0.2) is 0 Å². The maximum Gasteiger partial charge on any atom is 0.145 e. The first-order chi connectivity index (χ1) is 7.63. The van der Waals surface area contributed by atoms with Crippen LogP contribution in [-0.2, 0) is 4.79 Å². The Kier molecular flexibility index (Phi) is 3.32. The van der Waals surface area contributed by atoms with Crippen molar-refractivity contribution in [3.05, 3.63) is 23.8 Å². The molecule has 1 heteroatoms. The highest BCUT2D eigenvalue weighted by Gasteiger charge is 2.38. The molecule has 2 rings (SSSR count). The molecule has 2 aliphatic carbocycles. The zero-order valence-corrected chi connectivity index (χ0v) is 10.4. The highest BCUT2D eigenvalue weighted by molar-refractivity contribution is 5.73. The third-order valence-corrected chi connectivity index (χ3v) is 4.60. The minimum atomic E-state index is 0.411. The van der Waals surface area contributed by atoms with E-state index in [4.69, 9.17) is 0 Å². The normalized spacial score (nSPS) is 38.5. The summed E-state index contributed by atoms with van der Waals surface area (Å²) in [5.41, 5.74) is 2.31. The van der Waals surface area contributed by atoms with E-state index < -0.39 is 0 Å². The summed E-state index contributed by atoms with van der Waals surface area (Å²) in [6, 6.07) is 0. The van der Waals surface area contributed by atoms with E-state index in [2.05, 4.69) is 26.5 Å². The van der Waals surface area contributed by atoms with E-state index in [1.54, 1.807) is 0 Å². The largest absolute Gasteiger partial charge is 0.298 e. The molecule has 1 fully saturated rings. The fourth-order valence-corrected chi connectivity index (χ4v) is 3.57. The molecule has 0 aliphatic heterocycles. The summed E-state index contributed by atoms with van der Waals surface area (Å²) < 4.78 is 0. The van der Waals surface area contributed by atoms with Gasteiger partial charge in [-0.15, -0.1) is 0 Å². The molecule has 0 aromatic carbocycles. The fraction of sp³-hybridized carbons (Fsp3) is 0.667. The minimum Gasteiger partial charge on any atom is -0.298 e. The van der Waals surface area contributed by atoms with Crippen molar-refractivity contribution in [1.82, 2.24) is 0 Å². The zero-order chi connectivity index (χ0) is 11.7. The number of fused-ring (bicyclic) bond motifs is 1. The number of aldehydes is 1. The number of carbonyl (C=O) groups is 1. The van der Waals surface area contributed by atoms with Crippen molar-refractivity contribution in [3.63, 3.8) is 0 Å².